The monoisotopic (exact) mass is 748 g/mol. The molecule has 1 aliphatic rings. The van der Waals surface area contributed by atoms with E-state index in [0.29, 0.717) is 20.9 Å². The Morgan fingerprint density at radius 2 is 0.981 bits per heavy atom. The SMILES string of the molecule is COc1ccc(C=CC=Cc2ccc3sc(C)c(C4=C(c5c(C)sc(C=CC=Cc6ccc(OC)cc6)c5C)C(F)(F)C(F)(F)C4(F)F)c3c2)cc1. The highest BCUT2D eigenvalue weighted by Gasteiger charge is 2.80. The number of alkyl halides is 6. The third-order valence-corrected chi connectivity index (χ3v) is 11.2. The molecule has 1 aliphatic carbocycles. The van der Waals surface area contributed by atoms with Gasteiger partial charge in [-0.1, -0.05) is 72.9 Å². The standard InChI is InChI=1S/C42H34F6O2S2/c1-25-34(13-9-8-11-29-16-21-32(50-5)22-17-29)51-26(2)36(25)38-39(41(45,46)42(47,48)40(38,43)44)37-27(3)52-35-23-18-30(24-33(35)37)12-7-6-10-28-14-19-31(49-4)20-15-28/h6-24H,1-5H3. The third-order valence-electron chi connectivity index (χ3n) is 8.98. The number of fused-ring (bicyclic) bond motifs is 1. The molecule has 0 spiro atoms. The fourth-order valence-electron chi connectivity index (χ4n) is 6.32. The van der Waals surface area contributed by atoms with Gasteiger partial charge in [-0.15, -0.1) is 22.7 Å². The molecule has 2 heterocycles. The quantitative estimate of drug-likeness (QED) is 0.105. The van der Waals surface area contributed by atoms with Gasteiger partial charge in [0.1, 0.15) is 11.5 Å². The van der Waals surface area contributed by atoms with Gasteiger partial charge in [-0.3, -0.25) is 0 Å². The molecule has 0 amide bonds. The van der Waals surface area contributed by atoms with Crippen LogP contribution >= 0.6 is 22.7 Å². The van der Waals surface area contributed by atoms with Gasteiger partial charge in [-0.05, 0) is 85.5 Å². The van der Waals surface area contributed by atoms with E-state index in [1.807, 2.05) is 48.6 Å². The summed E-state index contributed by atoms with van der Waals surface area (Å²) in [6, 6.07) is 19.8. The van der Waals surface area contributed by atoms with Crippen LogP contribution in [0.25, 0.3) is 45.5 Å². The maximum atomic E-state index is 16.0. The van der Waals surface area contributed by atoms with Crippen LogP contribution < -0.4 is 9.47 Å². The third kappa shape index (κ3) is 6.54. The largest absolute Gasteiger partial charge is 0.497 e. The average Bonchev–Trinajstić information content (AvgIpc) is 3.62. The first kappa shape index (κ1) is 37.0. The van der Waals surface area contributed by atoms with E-state index >= 15 is 26.3 Å². The number of methoxy groups -OCH3 is 2. The van der Waals surface area contributed by atoms with E-state index in [0.717, 1.165) is 39.5 Å². The predicted octanol–water partition coefficient (Wildman–Crippen LogP) is 13.2. The van der Waals surface area contributed by atoms with E-state index in [-0.39, 0.29) is 31.8 Å². The molecular formula is C42H34F6O2S2. The first-order valence-electron chi connectivity index (χ1n) is 16.2. The molecule has 2 nitrogen and oxygen atoms in total. The minimum atomic E-state index is -5.66. The zero-order valence-electron chi connectivity index (χ0n) is 28.9. The Labute approximate surface area is 306 Å². The summed E-state index contributed by atoms with van der Waals surface area (Å²) in [5, 5.41) is 0.207. The molecule has 5 aromatic rings. The van der Waals surface area contributed by atoms with Gasteiger partial charge in [0.15, 0.2) is 0 Å². The molecule has 268 valence electrons. The van der Waals surface area contributed by atoms with E-state index in [1.54, 1.807) is 81.0 Å². The molecule has 0 bridgehead atoms. The fraction of sp³-hybridized carbons (Fsp3) is 0.190. The van der Waals surface area contributed by atoms with Crippen LogP contribution in [-0.2, 0) is 0 Å². The summed E-state index contributed by atoms with van der Waals surface area (Å²) in [5.74, 6) is -14.5. The molecule has 0 N–H and O–H groups in total. The molecule has 0 radical (unpaired) electrons. The second-order valence-corrected chi connectivity index (χ2v) is 14.8. The van der Waals surface area contributed by atoms with Gasteiger partial charge < -0.3 is 9.47 Å². The van der Waals surface area contributed by atoms with Crippen LogP contribution in [0.5, 0.6) is 11.5 Å². The Hall–Kier alpha value is -4.80. The summed E-state index contributed by atoms with van der Waals surface area (Å²) in [5.41, 5.74) is -0.600. The Bertz CT molecular complexity index is 2270. The Kier molecular flexibility index (Phi) is 10.2. The van der Waals surface area contributed by atoms with Crippen LogP contribution in [0.15, 0.2) is 91.0 Å². The summed E-state index contributed by atoms with van der Waals surface area (Å²) in [6.45, 7) is 4.49. The molecule has 2 aromatic heterocycles. The summed E-state index contributed by atoms with van der Waals surface area (Å²) < 4.78 is 106. The fourth-order valence-corrected chi connectivity index (χ4v) is 8.46. The summed E-state index contributed by atoms with van der Waals surface area (Å²) in [7, 11) is 3.15. The number of halogens is 6. The average molecular weight is 749 g/mol. The molecule has 3 aromatic carbocycles. The molecular weight excluding hydrogens is 715 g/mol. The zero-order valence-corrected chi connectivity index (χ0v) is 30.5. The zero-order chi connectivity index (χ0) is 37.4. The van der Waals surface area contributed by atoms with Crippen molar-refractivity contribution in [2.45, 2.75) is 38.5 Å². The second kappa shape index (κ2) is 14.3. The number of hydrogen-bond acceptors (Lipinski definition) is 4. The van der Waals surface area contributed by atoms with Crippen molar-refractivity contribution in [2.24, 2.45) is 0 Å². The van der Waals surface area contributed by atoms with E-state index in [2.05, 4.69) is 0 Å². The minimum absolute atomic E-state index is 0.207. The lowest BCUT2D eigenvalue weighted by molar-refractivity contribution is -0.254. The van der Waals surface area contributed by atoms with Crippen LogP contribution in [0.3, 0.4) is 0 Å². The molecule has 0 atom stereocenters. The van der Waals surface area contributed by atoms with E-state index < -0.39 is 28.9 Å². The molecule has 0 fully saturated rings. The molecule has 10 heteroatoms. The van der Waals surface area contributed by atoms with Crippen molar-refractivity contribution in [1.82, 2.24) is 0 Å². The number of rotatable bonds is 10. The molecule has 52 heavy (non-hydrogen) atoms. The first-order chi connectivity index (χ1) is 24.7. The molecule has 6 rings (SSSR count). The van der Waals surface area contributed by atoms with Crippen LogP contribution in [0.1, 0.15) is 48.0 Å². The van der Waals surface area contributed by atoms with Crippen molar-refractivity contribution in [1.29, 1.82) is 0 Å². The molecule has 0 unspecified atom stereocenters. The van der Waals surface area contributed by atoms with Gasteiger partial charge >= 0.3 is 17.8 Å². The van der Waals surface area contributed by atoms with Crippen LogP contribution in [0.4, 0.5) is 26.3 Å². The highest BCUT2D eigenvalue weighted by Crippen LogP contribution is 2.66. The van der Waals surface area contributed by atoms with Crippen molar-refractivity contribution >= 4 is 68.2 Å². The van der Waals surface area contributed by atoms with Crippen LogP contribution in [-0.4, -0.2) is 32.0 Å². The lowest BCUT2D eigenvalue weighted by Gasteiger charge is -2.26. The van der Waals surface area contributed by atoms with E-state index in [4.69, 9.17) is 9.47 Å². The molecule has 0 saturated carbocycles. The molecule has 0 aliphatic heterocycles. The summed E-state index contributed by atoms with van der Waals surface area (Å²) >= 11 is 2.19. The highest BCUT2D eigenvalue weighted by molar-refractivity contribution is 7.19. The minimum Gasteiger partial charge on any atom is -0.497 e. The molecule has 0 saturated heterocycles. The van der Waals surface area contributed by atoms with Crippen molar-refractivity contribution in [2.75, 3.05) is 14.2 Å². The van der Waals surface area contributed by atoms with Crippen LogP contribution in [0.2, 0.25) is 0 Å². The summed E-state index contributed by atoms with van der Waals surface area (Å²) in [6.07, 6.45) is 14.1. The Morgan fingerprint density at radius 1 is 0.538 bits per heavy atom. The van der Waals surface area contributed by atoms with E-state index in [9.17, 15) is 0 Å². The normalized spacial score (nSPS) is 16.8. The van der Waals surface area contributed by atoms with Gasteiger partial charge in [0, 0.05) is 47.0 Å². The topological polar surface area (TPSA) is 18.5 Å². The number of ether oxygens (including phenoxy) is 2. The van der Waals surface area contributed by atoms with Crippen molar-refractivity contribution < 1.29 is 35.8 Å². The highest BCUT2D eigenvalue weighted by atomic mass is 32.1. The smallest absolute Gasteiger partial charge is 0.380 e. The maximum absolute atomic E-state index is 16.0. The van der Waals surface area contributed by atoms with Gasteiger partial charge in [0.05, 0.1) is 14.2 Å². The summed E-state index contributed by atoms with van der Waals surface area (Å²) in [4.78, 5) is 0.974. The van der Waals surface area contributed by atoms with Crippen molar-refractivity contribution in [3.8, 4) is 11.5 Å². The lowest BCUT2D eigenvalue weighted by atomic mass is 9.91. The second-order valence-electron chi connectivity index (χ2n) is 12.3. The predicted molar refractivity (Wildman–Crippen MR) is 204 cm³/mol. The Balaban J connectivity index is 1.42. The van der Waals surface area contributed by atoms with Gasteiger partial charge in [0.2, 0.25) is 0 Å². The Morgan fingerprint density at radius 3 is 1.50 bits per heavy atom. The van der Waals surface area contributed by atoms with Gasteiger partial charge in [-0.2, -0.15) is 26.3 Å². The van der Waals surface area contributed by atoms with Gasteiger partial charge in [-0.25, -0.2) is 0 Å². The van der Waals surface area contributed by atoms with E-state index in [1.165, 1.54) is 20.8 Å². The lowest BCUT2D eigenvalue weighted by Crippen LogP contribution is -2.49. The number of benzene rings is 3. The van der Waals surface area contributed by atoms with Gasteiger partial charge in [0.25, 0.3) is 0 Å². The van der Waals surface area contributed by atoms with Crippen LogP contribution in [0, 0.1) is 20.8 Å². The van der Waals surface area contributed by atoms with Crippen molar-refractivity contribution in [3.05, 3.63) is 139 Å². The number of aryl methyl sites for hydroxylation is 2. The number of hydrogen-bond donors (Lipinski definition) is 0. The maximum Gasteiger partial charge on any atom is 0.380 e. The van der Waals surface area contributed by atoms with Crippen molar-refractivity contribution in [3.63, 3.8) is 0 Å². The first-order valence-corrected chi connectivity index (χ1v) is 17.8. The number of allylic oxidation sites excluding steroid dienone is 6. The number of thiophene rings is 2.